The van der Waals surface area contributed by atoms with Crippen LogP contribution >= 0.6 is 31.9 Å². The lowest BCUT2D eigenvalue weighted by atomic mass is 9.82. The van der Waals surface area contributed by atoms with Gasteiger partial charge in [0.15, 0.2) is 5.78 Å². The Morgan fingerprint density at radius 3 is 1.95 bits per heavy atom. The molecule has 0 unspecified atom stereocenters. The number of nitrogens with two attached hydrogens (primary N) is 1. The molecule has 0 amide bonds. The average molecular weight is 426 g/mol. The second kappa shape index (κ2) is 4.99. The number of hydrogen-bond donors (Lipinski definition) is 1. The van der Waals surface area contributed by atoms with Gasteiger partial charge in [0.1, 0.15) is 5.56 Å². The van der Waals surface area contributed by atoms with Gasteiger partial charge in [-0.15, -0.1) is 0 Å². The van der Waals surface area contributed by atoms with E-state index in [2.05, 4.69) is 31.9 Å². The Hall–Kier alpha value is -2.06. The van der Waals surface area contributed by atoms with Crippen molar-refractivity contribution in [2.24, 2.45) is 0 Å². The summed E-state index contributed by atoms with van der Waals surface area (Å²) in [6, 6.07) is 5.37. The number of nitro groups is 1. The molecule has 3 rings (SSSR count). The lowest BCUT2D eigenvalue weighted by molar-refractivity contribution is -0.385. The normalized spacial score (nSPS) is 12.8. The van der Waals surface area contributed by atoms with E-state index in [0.29, 0.717) is 8.95 Å². The first-order valence-electron chi connectivity index (χ1n) is 5.98. The van der Waals surface area contributed by atoms with Gasteiger partial charge in [-0.25, -0.2) is 0 Å². The summed E-state index contributed by atoms with van der Waals surface area (Å²) in [6.07, 6.45) is 0. The molecule has 110 valence electrons. The van der Waals surface area contributed by atoms with Crippen molar-refractivity contribution >= 4 is 54.8 Å². The summed E-state index contributed by atoms with van der Waals surface area (Å²) in [4.78, 5) is 35.7. The Morgan fingerprint density at radius 1 is 0.955 bits per heavy atom. The Kier molecular flexibility index (Phi) is 3.37. The van der Waals surface area contributed by atoms with Crippen LogP contribution in [0.5, 0.6) is 0 Å². The van der Waals surface area contributed by atoms with Gasteiger partial charge in [-0.2, -0.15) is 0 Å². The Labute approximate surface area is 140 Å². The standard InChI is InChI=1S/C14H6Br2N2O4/c15-7-3-5-6(4-8(7)16)14(20)12-10(18(21)22)2-1-9(17)11(12)13(5)19/h1-4H,17H2. The van der Waals surface area contributed by atoms with Crippen LogP contribution < -0.4 is 5.73 Å². The zero-order valence-electron chi connectivity index (χ0n) is 10.7. The SMILES string of the molecule is Nc1ccc([N+](=O)[O-])c2c1C(=O)c1cc(Br)c(Br)cc1C2=O. The highest BCUT2D eigenvalue weighted by Crippen LogP contribution is 2.38. The summed E-state index contributed by atoms with van der Waals surface area (Å²) in [7, 11) is 0. The number of nitrogens with zero attached hydrogens (tertiary/aromatic N) is 1. The number of hydrogen-bond acceptors (Lipinski definition) is 5. The smallest absolute Gasteiger partial charge is 0.281 e. The summed E-state index contributed by atoms with van der Waals surface area (Å²) in [5.74, 6) is -1.09. The number of halogens is 2. The van der Waals surface area contributed by atoms with E-state index in [1.807, 2.05) is 0 Å². The van der Waals surface area contributed by atoms with Gasteiger partial charge in [0, 0.05) is 31.8 Å². The molecule has 8 heteroatoms. The molecule has 0 aliphatic heterocycles. The van der Waals surface area contributed by atoms with E-state index in [0.717, 1.165) is 6.07 Å². The molecule has 0 saturated heterocycles. The molecule has 2 aromatic carbocycles. The third kappa shape index (κ3) is 1.98. The van der Waals surface area contributed by atoms with Crippen molar-refractivity contribution in [3.63, 3.8) is 0 Å². The monoisotopic (exact) mass is 424 g/mol. The van der Waals surface area contributed by atoms with Crippen LogP contribution in [0.25, 0.3) is 0 Å². The number of ketones is 2. The molecule has 0 spiro atoms. The number of nitrogen functional groups attached to an aromatic ring is 1. The fourth-order valence-electron chi connectivity index (χ4n) is 2.43. The third-order valence-electron chi connectivity index (χ3n) is 3.42. The zero-order chi connectivity index (χ0) is 16.2. The molecule has 1 aliphatic carbocycles. The van der Waals surface area contributed by atoms with Gasteiger partial charge in [-0.3, -0.25) is 19.7 Å². The van der Waals surface area contributed by atoms with E-state index in [-0.39, 0.29) is 27.9 Å². The molecule has 0 saturated carbocycles. The summed E-state index contributed by atoms with van der Waals surface area (Å²) in [6.45, 7) is 0. The van der Waals surface area contributed by atoms with E-state index in [1.54, 1.807) is 0 Å². The lowest BCUT2D eigenvalue weighted by Crippen LogP contribution is -2.23. The fraction of sp³-hybridized carbons (Fsp3) is 0. The topological polar surface area (TPSA) is 103 Å². The van der Waals surface area contributed by atoms with Gasteiger partial charge in [0.05, 0.1) is 10.5 Å². The summed E-state index contributed by atoms with van der Waals surface area (Å²) in [5.41, 5.74) is 5.31. The number of nitro benzene ring substituents is 1. The van der Waals surface area contributed by atoms with Crippen LogP contribution in [0.15, 0.2) is 33.2 Å². The van der Waals surface area contributed by atoms with E-state index < -0.39 is 22.2 Å². The first kappa shape index (κ1) is 14.9. The predicted octanol–water partition coefficient (Wildman–Crippen LogP) is 3.48. The lowest BCUT2D eigenvalue weighted by Gasteiger charge is -2.19. The molecule has 22 heavy (non-hydrogen) atoms. The zero-order valence-corrected chi connectivity index (χ0v) is 13.9. The largest absolute Gasteiger partial charge is 0.398 e. The minimum absolute atomic E-state index is 0.0450. The number of fused-ring (bicyclic) bond motifs is 2. The highest BCUT2D eigenvalue weighted by molar-refractivity contribution is 9.13. The van der Waals surface area contributed by atoms with E-state index >= 15 is 0 Å². The van der Waals surface area contributed by atoms with Gasteiger partial charge in [0.25, 0.3) is 5.69 Å². The quantitative estimate of drug-likeness (QED) is 0.365. The van der Waals surface area contributed by atoms with Crippen LogP contribution in [-0.2, 0) is 0 Å². The maximum absolute atomic E-state index is 12.6. The number of rotatable bonds is 1. The van der Waals surface area contributed by atoms with E-state index in [4.69, 9.17) is 5.73 Å². The van der Waals surface area contributed by atoms with Crippen LogP contribution in [-0.4, -0.2) is 16.5 Å². The number of carbonyl (C=O) groups excluding carboxylic acids is 2. The Bertz CT molecular complexity index is 893. The van der Waals surface area contributed by atoms with Crippen molar-refractivity contribution in [1.29, 1.82) is 0 Å². The first-order chi connectivity index (χ1) is 10.3. The summed E-state index contributed by atoms with van der Waals surface area (Å²) >= 11 is 6.52. The van der Waals surface area contributed by atoms with Crippen molar-refractivity contribution in [3.8, 4) is 0 Å². The molecule has 0 atom stereocenters. The Morgan fingerprint density at radius 2 is 1.45 bits per heavy atom. The van der Waals surface area contributed by atoms with Crippen molar-refractivity contribution in [3.05, 3.63) is 65.6 Å². The van der Waals surface area contributed by atoms with Crippen LogP contribution in [0.4, 0.5) is 11.4 Å². The highest BCUT2D eigenvalue weighted by Gasteiger charge is 2.37. The van der Waals surface area contributed by atoms with E-state index in [9.17, 15) is 19.7 Å². The van der Waals surface area contributed by atoms with Gasteiger partial charge in [-0.05, 0) is 50.1 Å². The predicted molar refractivity (Wildman–Crippen MR) is 86.2 cm³/mol. The van der Waals surface area contributed by atoms with Crippen molar-refractivity contribution in [2.45, 2.75) is 0 Å². The number of carbonyl (C=O) groups is 2. The maximum Gasteiger partial charge on any atom is 0.281 e. The fourth-order valence-corrected chi connectivity index (χ4v) is 3.11. The second-order valence-corrected chi connectivity index (χ2v) is 6.36. The molecular formula is C14H6Br2N2O4. The molecule has 0 bridgehead atoms. The van der Waals surface area contributed by atoms with E-state index in [1.165, 1.54) is 18.2 Å². The van der Waals surface area contributed by atoms with Crippen molar-refractivity contribution < 1.29 is 14.5 Å². The number of anilines is 1. The average Bonchev–Trinajstić information content (AvgIpc) is 2.46. The molecule has 0 fully saturated rings. The highest BCUT2D eigenvalue weighted by atomic mass is 79.9. The van der Waals surface area contributed by atoms with Gasteiger partial charge < -0.3 is 5.73 Å². The molecule has 6 nitrogen and oxygen atoms in total. The molecule has 0 heterocycles. The molecule has 2 N–H and O–H groups in total. The minimum atomic E-state index is -0.692. The molecular weight excluding hydrogens is 420 g/mol. The minimum Gasteiger partial charge on any atom is -0.398 e. The molecule has 0 radical (unpaired) electrons. The van der Waals surface area contributed by atoms with Crippen LogP contribution in [0.1, 0.15) is 31.8 Å². The molecule has 2 aromatic rings. The van der Waals surface area contributed by atoms with Crippen molar-refractivity contribution in [1.82, 2.24) is 0 Å². The van der Waals surface area contributed by atoms with Gasteiger partial charge in [0.2, 0.25) is 5.78 Å². The second-order valence-electron chi connectivity index (χ2n) is 4.65. The van der Waals surface area contributed by atoms with Crippen LogP contribution in [0, 0.1) is 10.1 Å². The number of benzene rings is 2. The summed E-state index contributed by atoms with van der Waals surface area (Å²) in [5, 5.41) is 11.2. The van der Waals surface area contributed by atoms with Crippen molar-refractivity contribution in [2.75, 3.05) is 5.73 Å². The first-order valence-corrected chi connectivity index (χ1v) is 7.57. The third-order valence-corrected chi connectivity index (χ3v) is 5.26. The molecule has 1 aliphatic rings. The Balaban J connectivity index is 2.41. The molecule has 0 aromatic heterocycles. The van der Waals surface area contributed by atoms with Crippen LogP contribution in [0.3, 0.4) is 0 Å². The van der Waals surface area contributed by atoms with Crippen LogP contribution in [0.2, 0.25) is 0 Å². The van der Waals surface area contributed by atoms with Gasteiger partial charge in [-0.1, -0.05) is 0 Å². The van der Waals surface area contributed by atoms with Gasteiger partial charge >= 0.3 is 0 Å². The summed E-state index contributed by atoms with van der Waals surface area (Å²) < 4.78 is 1.17. The maximum atomic E-state index is 12.6.